The van der Waals surface area contributed by atoms with Crippen molar-refractivity contribution in [2.24, 2.45) is 4.99 Å². The normalized spacial score (nSPS) is 21.2. The van der Waals surface area contributed by atoms with Gasteiger partial charge < -0.3 is 5.32 Å². The first-order valence-electron chi connectivity index (χ1n) is 13.4. The number of benzene rings is 1. The number of fused-ring (bicyclic) bond motifs is 3. The van der Waals surface area contributed by atoms with E-state index in [1.165, 1.54) is 32.1 Å². The first kappa shape index (κ1) is 24.1. The van der Waals surface area contributed by atoms with Crippen LogP contribution in [-0.4, -0.2) is 51.0 Å². The molecule has 6 rings (SSSR count). The molecule has 1 aromatic heterocycles. The van der Waals surface area contributed by atoms with Crippen molar-refractivity contribution in [2.45, 2.75) is 89.8 Å². The van der Waals surface area contributed by atoms with Gasteiger partial charge in [-0.3, -0.25) is 19.2 Å². The first-order valence-corrected chi connectivity index (χ1v) is 14.2. The lowest BCUT2D eigenvalue weighted by atomic mass is 9.96. The number of hydrogen-bond acceptors (Lipinski definition) is 5. The lowest BCUT2D eigenvalue weighted by Crippen LogP contribution is -2.51. The fourth-order valence-corrected chi connectivity index (χ4v) is 6.89. The summed E-state index contributed by atoms with van der Waals surface area (Å²) in [5, 5.41) is 4.97. The van der Waals surface area contributed by atoms with Crippen LogP contribution in [0.25, 0.3) is 0 Å². The predicted octanol–water partition coefficient (Wildman–Crippen LogP) is 6.26. The number of nitrogens with zero attached hydrogens (tertiary/aromatic N) is 5. The van der Waals surface area contributed by atoms with E-state index in [-0.39, 0.29) is 11.4 Å². The Kier molecular flexibility index (Phi) is 6.19. The van der Waals surface area contributed by atoms with Gasteiger partial charge >= 0.3 is 0 Å². The zero-order valence-electron chi connectivity index (χ0n) is 21.1. The molecule has 3 heterocycles. The molecule has 0 radical (unpaired) electrons. The summed E-state index contributed by atoms with van der Waals surface area (Å²) in [5.74, 6) is 2.21. The molecule has 4 aliphatic rings. The van der Waals surface area contributed by atoms with Gasteiger partial charge in [0.25, 0.3) is 5.91 Å². The van der Waals surface area contributed by atoms with Crippen LogP contribution >= 0.6 is 23.2 Å². The van der Waals surface area contributed by atoms with Crippen LogP contribution in [0.3, 0.4) is 0 Å². The summed E-state index contributed by atoms with van der Waals surface area (Å²) < 4.78 is 2.04. The molecule has 2 aliphatic carbocycles. The van der Waals surface area contributed by atoms with Crippen molar-refractivity contribution in [3.63, 3.8) is 0 Å². The number of guanidine groups is 1. The first-order chi connectivity index (χ1) is 17.4. The van der Waals surface area contributed by atoms with Gasteiger partial charge in [-0.05, 0) is 62.8 Å². The van der Waals surface area contributed by atoms with Crippen molar-refractivity contribution in [3.05, 3.63) is 39.0 Å². The van der Waals surface area contributed by atoms with Gasteiger partial charge in [-0.25, -0.2) is 4.99 Å². The second kappa shape index (κ2) is 9.25. The minimum Gasteiger partial charge on any atom is -0.353 e. The SMILES string of the molecule is CCN1C(=O)c2c(nc(NC3CCCCC3)n2Cc2cc(Cl)c(C)c(Cl)c2)N2CC3(CCCC3)N=C12. The molecule has 9 heteroatoms. The molecule has 2 aromatic rings. The summed E-state index contributed by atoms with van der Waals surface area (Å²) in [6.45, 7) is 5.76. The number of rotatable bonds is 5. The molecule has 0 saturated heterocycles. The fraction of sp³-hybridized carbons (Fsp3) is 0.593. The number of carbonyl (C=O) groups excluding carboxylic acids is 1. The largest absolute Gasteiger partial charge is 0.353 e. The van der Waals surface area contributed by atoms with E-state index in [0.717, 1.165) is 61.1 Å². The van der Waals surface area contributed by atoms with Gasteiger partial charge in [0.05, 0.1) is 18.6 Å². The Balaban J connectivity index is 1.45. The Morgan fingerprint density at radius 1 is 1.08 bits per heavy atom. The number of amides is 1. The summed E-state index contributed by atoms with van der Waals surface area (Å²) in [6, 6.07) is 4.25. The molecule has 1 spiro atoms. The number of carbonyl (C=O) groups is 1. The molecule has 2 fully saturated rings. The van der Waals surface area contributed by atoms with Crippen molar-refractivity contribution >= 4 is 46.8 Å². The van der Waals surface area contributed by atoms with Crippen molar-refractivity contribution in [1.82, 2.24) is 14.5 Å². The zero-order valence-corrected chi connectivity index (χ0v) is 22.6. The molecule has 7 nitrogen and oxygen atoms in total. The molecule has 1 amide bonds. The minimum atomic E-state index is -0.0939. The third-order valence-electron chi connectivity index (χ3n) is 8.40. The number of aromatic nitrogens is 2. The van der Waals surface area contributed by atoms with E-state index in [2.05, 4.69) is 10.2 Å². The number of hydrogen-bond donors (Lipinski definition) is 1. The molecular weight excluding hydrogens is 495 g/mol. The van der Waals surface area contributed by atoms with E-state index < -0.39 is 0 Å². The highest BCUT2D eigenvalue weighted by Crippen LogP contribution is 2.43. The number of nitrogens with one attached hydrogen (secondary N) is 1. The molecule has 0 unspecified atom stereocenters. The average molecular weight is 530 g/mol. The molecule has 2 saturated carbocycles. The van der Waals surface area contributed by atoms with Crippen LogP contribution in [-0.2, 0) is 6.54 Å². The second-order valence-electron chi connectivity index (χ2n) is 10.8. The number of anilines is 2. The van der Waals surface area contributed by atoms with Crippen molar-refractivity contribution < 1.29 is 4.79 Å². The van der Waals surface area contributed by atoms with Gasteiger partial charge in [0.15, 0.2) is 11.5 Å². The standard InChI is InChI=1S/C27H34Cl2N6O/c1-3-33-24(36)22-23(35-16-27(32-26(33)35)11-7-8-12-27)31-25(30-19-9-5-4-6-10-19)34(22)15-18-13-20(28)17(2)21(29)14-18/h13-14,19H,3-12,15-16H2,1-2H3,(H,30,31). The molecule has 0 atom stereocenters. The molecule has 0 bridgehead atoms. The molecule has 1 aromatic carbocycles. The molecule has 2 aliphatic heterocycles. The summed E-state index contributed by atoms with van der Waals surface area (Å²) in [7, 11) is 0. The number of imidazole rings is 1. The predicted molar refractivity (Wildman–Crippen MR) is 146 cm³/mol. The highest BCUT2D eigenvalue weighted by Gasteiger charge is 2.49. The Hall–Kier alpha value is -2.25. The Morgan fingerprint density at radius 2 is 1.78 bits per heavy atom. The van der Waals surface area contributed by atoms with Crippen LogP contribution in [0.15, 0.2) is 17.1 Å². The van der Waals surface area contributed by atoms with Gasteiger partial charge in [0.2, 0.25) is 11.9 Å². The number of aliphatic imine (C=N–C) groups is 1. The maximum Gasteiger partial charge on any atom is 0.281 e. The van der Waals surface area contributed by atoms with Crippen molar-refractivity contribution in [2.75, 3.05) is 23.3 Å². The molecule has 192 valence electrons. The maximum absolute atomic E-state index is 14.0. The highest BCUT2D eigenvalue weighted by atomic mass is 35.5. The molecule has 1 N–H and O–H groups in total. The third-order valence-corrected chi connectivity index (χ3v) is 9.18. The smallest absolute Gasteiger partial charge is 0.281 e. The average Bonchev–Trinajstić information content (AvgIpc) is 3.57. The summed E-state index contributed by atoms with van der Waals surface area (Å²) in [5.41, 5.74) is 2.34. The van der Waals surface area contributed by atoms with Gasteiger partial charge in [-0.1, -0.05) is 55.3 Å². The van der Waals surface area contributed by atoms with Gasteiger partial charge in [0, 0.05) is 22.6 Å². The van der Waals surface area contributed by atoms with Crippen LogP contribution in [0.4, 0.5) is 11.8 Å². The fourth-order valence-electron chi connectivity index (χ4n) is 6.36. The topological polar surface area (TPSA) is 65.8 Å². The molecule has 36 heavy (non-hydrogen) atoms. The maximum atomic E-state index is 14.0. The lowest BCUT2D eigenvalue weighted by molar-refractivity contribution is 0.0836. The Bertz CT molecular complexity index is 1200. The highest BCUT2D eigenvalue weighted by molar-refractivity contribution is 6.36. The van der Waals surface area contributed by atoms with E-state index >= 15 is 0 Å². The van der Waals surface area contributed by atoms with Crippen LogP contribution in [0.1, 0.15) is 86.3 Å². The van der Waals surface area contributed by atoms with E-state index in [0.29, 0.717) is 34.9 Å². The van der Waals surface area contributed by atoms with Gasteiger partial charge in [-0.15, -0.1) is 0 Å². The molecular formula is C27H34Cl2N6O. The van der Waals surface area contributed by atoms with E-state index in [9.17, 15) is 4.79 Å². The lowest BCUT2D eigenvalue weighted by Gasteiger charge is -2.33. The summed E-state index contributed by atoms with van der Waals surface area (Å²) >= 11 is 13.0. The number of halogens is 2. The zero-order chi connectivity index (χ0) is 25.0. The summed E-state index contributed by atoms with van der Waals surface area (Å²) in [6.07, 6.45) is 10.5. The van der Waals surface area contributed by atoms with Crippen LogP contribution < -0.4 is 10.2 Å². The third kappa shape index (κ3) is 3.99. The van der Waals surface area contributed by atoms with E-state index in [1.807, 2.05) is 35.4 Å². The van der Waals surface area contributed by atoms with Crippen LogP contribution in [0.5, 0.6) is 0 Å². The van der Waals surface area contributed by atoms with Gasteiger partial charge in [-0.2, -0.15) is 4.98 Å². The van der Waals surface area contributed by atoms with Gasteiger partial charge in [0.1, 0.15) is 0 Å². The van der Waals surface area contributed by atoms with E-state index in [1.54, 1.807) is 0 Å². The second-order valence-corrected chi connectivity index (χ2v) is 11.7. The van der Waals surface area contributed by atoms with Crippen molar-refractivity contribution in [1.29, 1.82) is 0 Å². The van der Waals surface area contributed by atoms with Crippen molar-refractivity contribution in [3.8, 4) is 0 Å². The minimum absolute atomic E-state index is 0.0361. The van der Waals surface area contributed by atoms with Crippen LogP contribution in [0.2, 0.25) is 10.0 Å². The monoisotopic (exact) mass is 528 g/mol. The van der Waals surface area contributed by atoms with E-state index in [4.69, 9.17) is 33.2 Å². The quantitative estimate of drug-likeness (QED) is 0.497. The Morgan fingerprint density at radius 3 is 2.44 bits per heavy atom. The summed E-state index contributed by atoms with van der Waals surface area (Å²) in [4.78, 5) is 28.3. The van der Waals surface area contributed by atoms with Crippen LogP contribution in [0, 0.1) is 6.92 Å². The Labute approximate surface area is 222 Å².